The van der Waals surface area contributed by atoms with Crippen LogP contribution in [0, 0.1) is 0 Å². The van der Waals surface area contributed by atoms with Gasteiger partial charge in [0.05, 0.1) is 10.5 Å². The molecule has 2 aromatic carbocycles. The van der Waals surface area contributed by atoms with Gasteiger partial charge >= 0.3 is 5.97 Å². The van der Waals surface area contributed by atoms with E-state index in [9.17, 15) is 13.2 Å². The summed E-state index contributed by atoms with van der Waals surface area (Å²) in [5, 5.41) is 17.7. The SMILES string of the molecule is O=C(O)c1cccc(S(=O)(=O)Nc2ccc(-c3nnc4n3CCCCC4)cc2)c1. The van der Waals surface area contributed by atoms with E-state index in [1.54, 1.807) is 24.3 Å². The monoisotopic (exact) mass is 412 g/mol. The Kier molecular flexibility index (Phi) is 5.06. The van der Waals surface area contributed by atoms with E-state index in [0.717, 1.165) is 49.1 Å². The molecule has 0 atom stereocenters. The van der Waals surface area contributed by atoms with Gasteiger partial charge in [0.2, 0.25) is 0 Å². The number of hydrogen-bond acceptors (Lipinski definition) is 5. The van der Waals surface area contributed by atoms with Crippen LogP contribution in [0.25, 0.3) is 11.4 Å². The Labute approximate surface area is 168 Å². The third-order valence-corrected chi connectivity index (χ3v) is 6.28. The smallest absolute Gasteiger partial charge is 0.335 e. The lowest BCUT2D eigenvalue weighted by Crippen LogP contribution is -2.13. The molecule has 9 heteroatoms. The first-order valence-corrected chi connectivity index (χ1v) is 10.8. The van der Waals surface area contributed by atoms with E-state index in [-0.39, 0.29) is 10.5 Å². The van der Waals surface area contributed by atoms with Crippen LogP contribution in [-0.4, -0.2) is 34.3 Å². The van der Waals surface area contributed by atoms with Gasteiger partial charge in [0.1, 0.15) is 5.82 Å². The largest absolute Gasteiger partial charge is 0.478 e. The lowest BCUT2D eigenvalue weighted by molar-refractivity contribution is 0.0696. The summed E-state index contributed by atoms with van der Waals surface area (Å²) in [5.41, 5.74) is 1.15. The quantitative estimate of drug-likeness (QED) is 0.665. The maximum atomic E-state index is 12.6. The summed E-state index contributed by atoms with van der Waals surface area (Å²) in [5.74, 6) is 0.588. The number of sulfonamides is 1. The van der Waals surface area contributed by atoms with E-state index >= 15 is 0 Å². The molecule has 150 valence electrons. The first-order chi connectivity index (χ1) is 13.9. The number of nitrogens with one attached hydrogen (secondary N) is 1. The Hall–Kier alpha value is -3.20. The fraction of sp³-hybridized carbons (Fsp3) is 0.250. The molecule has 2 heterocycles. The number of carboxylic acid groups (broad SMARTS) is 1. The molecule has 1 aliphatic rings. The molecule has 0 unspecified atom stereocenters. The molecule has 29 heavy (non-hydrogen) atoms. The molecule has 8 nitrogen and oxygen atoms in total. The number of fused-ring (bicyclic) bond motifs is 1. The number of aromatic carboxylic acids is 1. The molecule has 3 aromatic rings. The van der Waals surface area contributed by atoms with E-state index in [2.05, 4.69) is 19.5 Å². The van der Waals surface area contributed by atoms with Crippen LogP contribution in [0.2, 0.25) is 0 Å². The molecular weight excluding hydrogens is 392 g/mol. The van der Waals surface area contributed by atoms with Crippen LogP contribution in [0.4, 0.5) is 5.69 Å². The Bertz CT molecular complexity index is 1150. The van der Waals surface area contributed by atoms with Crippen molar-refractivity contribution in [1.29, 1.82) is 0 Å². The number of carbonyl (C=O) groups is 1. The Morgan fingerprint density at radius 3 is 2.59 bits per heavy atom. The normalized spacial score (nSPS) is 14.1. The molecule has 0 aliphatic carbocycles. The minimum absolute atomic E-state index is 0.0873. The molecule has 0 amide bonds. The van der Waals surface area contributed by atoms with E-state index in [0.29, 0.717) is 5.69 Å². The topological polar surface area (TPSA) is 114 Å². The fourth-order valence-electron chi connectivity index (χ4n) is 3.40. The zero-order chi connectivity index (χ0) is 20.4. The number of hydrogen-bond donors (Lipinski definition) is 2. The van der Waals surface area contributed by atoms with Crippen molar-refractivity contribution in [3.05, 3.63) is 59.9 Å². The summed E-state index contributed by atoms with van der Waals surface area (Å²) in [7, 11) is -3.90. The van der Waals surface area contributed by atoms with Gasteiger partial charge in [0.15, 0.2) is 5.82 Å². The highest BCUT2D eigenvalue weighted by atomic mass is 32.2. The molecule has 0 spiro atoms. The van der Waals surface area contributed by atoms with Gasteiger partial charge in [0.25, 0.3) is 10.0 Å². The fourth-order valence-corrected chi connectivity index (χ4v) is 4.50. The summed E-state index contributed by atoms with van der Waals surface area (Å²) in [6.07, 6.45) is 4.29. The summed E-state index contributed by atoms with van der Waals surface area (Å²) in [6.45, 7) is 0.881. The van der Waals surface area contributed by atoms with Crippen molar-refractivity contribution in [3.8, 4) is 11.4 Å². The molecule has 0 saturated carbocycles. The second-order valence-electron chi connectivity index (χ2n) is 6.92. The van der Waals surface area contributed by atoms with Crippen molar-refractivity contribution in [2.75, 3.05) is 4.72 Å². The lowest BCUT2D eigenvalue weighted by atomic mass is 10.2. The zero-order valence-electron chi connectivity index (χ0n) is 15.6. The van der Waals surface area contributed by atoms with Gasteiger partial charge in [0, 0.05) is 24.2 Å². The van der Waals surface area contributed by atoms with Crippen LogP contribution in [0.1, 0.15) is 35.4 Å². The van der Waals surface area contributed by atoms with Crippen molar-refractivity contribution in [3.63, 3.8) is 0 Å². The van der Waals surface area contributed by atoms with Crippen LogP contribution in [-0.2, 0) is 23.0 Å². The first kappa shape index (κ1) is 19.1. The number of nitrogens with zero attached hydrogens (tertiary/aromatic N) is 3. The molecule has 4 rings (SSSR count). The maximum absolute atomic E-state index is 12.6. The summed E-state index contributed by atoms with van der Waals surface area (Å²) >= 11 is 0. The van der Waals surface area contributed by atoms with Gasteiger partial charge in [-0.05, 0) is 55.3 Å². The van der Waals surface area contributed by atoms with Gasteiger partial charge in [-0.15, -0.1) is 10.2 Å². The number of benzene rings is 2. The number of carboxylic acids is 1. The first-order valence-electron chi connectivity index (χ1n) is 9.33. The minimum Gasteiger partial charge on any atom is -0.478 e. The average molecular weight is 412 g/mol. The van der Waals surface area contributed by atoms with Crippen LogP contribution >= 0.6 is 0 Å². The van der Waals surface area contributed by atoms with Crippen LogP contribution in [0.15, 0.2) is 53.4 Å². The van der Waals surface area contributed by atoms with Crippen LogP contribution in [0.5, 0.6) is 0 Å². The van der Waals surface area contributed by atoms with E-state index < -0.39 is 16.0 Å². The summed E-state index contributed by atoms with van der Waals surface area (Å²) in [6, 6.07) is 12.1. The van der Waals surface area contributed by atoms with E-state index in [4.69, 9.17) is 5.11 Å². The lowest BCUT2D eigenvalue weighted by Gasteiger charge is -2.10. The van der Waals surface area contributed by atoms with Gasteiger partial charge in [-0.25, -0.2) is 13.2 Å². The van der Waals surface area contributed by atoms with Crippen molar-refractivity contribution in [2.24, 2.45) is 0 Å². The molecule has 1 aliphatic heterocycles. The molecule has 0 fully saturated rings. The highest BCUT2D eigenvalue weighted by molar-refractivity contribution is 7.92. The van der Waals surface area contributed by atoms with E-state index in [1.165, 1.54) is 24.6 Å². The van der Waals surface area contributed by atoms with Crippen molar-refractivity contribution in [1.82, 2.24) is 14.8 Å². The number of aryl methyl sites for hydroxylation is 1. The maximum Gasteiger partial charge on any atom is 0.335 e. The number of anilines is 1. The van der Waals surface area contributed by atoms with Crippen molar-refractivity contribution >= 4 is 21.7 Å². The third kappa shape index (κ3) is 4.00. The Morgan fingerprint density at radius 1 is 1.03 bits per heavy atom. The predicted molar refractivity (Wildman–Crippen MR) is 107 cm³/mol. The predicted octanol–water partition coefficient (Wildman–Crippen LogP) is 3.17. The third-order valence-electron chi connectivity index (χ3n) is 4.90. The van der Waals surface area contributed by atoms with Gasteiger partial charge in [-0.1, -0.05) is 12.5 Å². The Morgan fingerprint density at radius 2 is 1.83 bits per heavy atom. The standard InChI is InChI=1S/C20H20N4O4S/c25-20(26)15-5-4-6-17(13-15)29(27,28)23-16-10-8-14(9-11-16)19-22-21-18-7-2-1-3-12-24(18)19/h4-6,8-11,13,23H,1-3,7,12H2,(H,25,26). The molecule has 2 N–H and O–H groups in total. The second kappa shape index (κ2) is 7.67. The van der Waals surface area contributed by atoms with Crippen molar-refractivity contribution < 1.29 is 18.3 Å². The number of rotatable bonds is 5. The average Bonchev–Trinajstić information content (AvgIpc) is 2.96. The van der Waals surface area contributed by atoms with Crippen molar-refractivity contribution in [2.45, 2.75) is 37.1 Å². The van der Waals surface area contributed by atoms with Crippen LogP contribution < -0.4 is 4.72 Å². The molecular formula is C20H20N4O4S. The summed E-state index contributed by atoms with van der Waals surface area (Å²) in [4.78, 5) is 11.0. The molecule has 0 radical (unpaired) electrons. The molecule has 1 aromatic heterocycles. The molecule has 0 bridgehead atoms. The van der Waals surface area contributed by atoms with Gasteiger partial charge in [-0.2, -0.15) is 0 Å². The van der Waals surface area contributed by atoms with Crippen LogP contribution in [0.3, 0.4) is 0 Å². The minimum atomic E-state index is -3.90. The molecule has 0 saturated heterocycles. The zero-order valence-corrected chi connectivity index (χ0v) is 16.4. The van der Waals surface area contributed by atoms with Gasteiger partial charge in [-0.3, -0.25) is 4.72 Å². The van der Waals surface area contributed by atoms with Gasteiger partial charge < -0.3 is 9.67 Å². The Balaban J connectivity index is 1.57. The second-order valence-corrected chi connectivity index (χ2v) is 8.60. The highest BCUT2D eigenvalue weighted by Gasteiger charge is 2.18. The number of aromatic nitrogens is 3. The summed E-state index contributed by atoms with van der Waals surface area (Å²) < 4.78 is 29.8. The highest BCUT2D eigenvalue weighted by Crippen LogP contribution is 2.25. The van der Waals surface area contributed by atoms with E-state index in [1.807, 2.05) is 0 Å².